The molecule has 0 spiro atoms. The first-order chi connectivity index (χ1) is 8.42. The highest BCUT2D eigenvalue weighted by molar-refractivity contribution is 5.98. The van der Waals surface area contributed by atoms with E-state index in [1.165, 1.54) is 0 Å². The fourth-order valence-corrected chi connectivity index (χ4v) is 2.16. The number of fused-ring (bicyclic) bond motifs is 4. The van der Waals surface area contributed by atoms with Gasteiger partial charge in [-0.15, -0.1) is 0 Å². The van der Waals surface area contributed by atoms with E-state index in [0.717, 1.165) is 27.4 Å². The van der Waals surface area contributed by atoms with E-state index in [1.807, 2.05) is 24.3 Å². The van der Waals surface area contributed by atoms with E-state index in [4.69, 9.17) is 4.42 Å². The summed E-state index contributed by atoms with van der Waals surface area (Å²) in [4.78, 5) is 8.52. The van der Waals surface area contributed by atoms with Crippen LogP contribution < -0.4 is 0 Å². The summed E-state index contributed by atoms with van der Waals surface area (Å²) in [5.41, 5.74) is 2.79. The van der Waals surface area contributed by atoms with Crippen molar-refractivity contribution in [1.29, 1.82) is 0 Å². The van der Waals surface area contributed by atoms with Gasteiger partial charge in [0.2, 0.25) is 5.89 Å². The zero-order valence-electron chi connectivity index (χ0n) is 8.92. The van der Waals surface area contributed by atoms with Crippen LogP contribution in [-0.4, -0.2) is 9.97 Å². The number of pyridine rings is 1. The second-order valence-corrected chi connectivity index (χ2v) is 4.01. The van der Waals surface area contributed by atoms with E-state index < -0.39 is 0 Å². The summed E-state index contributed by atoms with van der Waals surface area (Å²) < 4.78 is 5.76. The minimum Gasteiger partial charge on any atom is -0.436 e. The summed E-state index contributed by atoms with van der Waals surface area (Å²) in [5.74, 6) is 0.673. The van der Waals surface area contributed by atoms with Gasteiger partial charge in [0.15, 0.2) is 5.58 Å². The number of hydrogen-bond donors (Lipinski definition) is 0. The predicted octanol–water partition coefficient (Wildman–Crippen LogP) is 3.48. The quantitative estimate of drug-likeness (QED) is 0.455. The Morgan fingerprint density at radius 1 is 1.06 bits per heavy atom. The van der Waals surface area contributed by atoms with Crippen LogP contribution in [0.2, 0.25) is 0 Å². The van der Waals surface area contributed by atoms with Crippen LogP contribution in [0.15, 0.2) is 53.2 Å². The normalized spacial score (nSPS) is 11.5. The highest BCUT2D eigenvalue weighted by Crippen LogP contribution is 2.33. The van der Waals surface area contributed by atoms with E-state index in [1.54, 1.807) is 12.4 Å². The first-order valence-corrected chi connectivity index (χ1v) is 5.44. The fraction of sp³-hybridized carbons (Fsp3) is 0. The Bertz CT molecular complexity index is 798. The molecule has 0 unspecified atom stereocenters. The van der Waals surface area contributed by atoms with Crippen molar-refractivity contribution in [3.05, 3.63) is 48.8 Å². The monoisotopic (exact) mass is 220 g/mol. The van der Waals surface area contributed by atoms with E-state index in [-0.39, 0.29) is 0 Å². The van der Waals surface area contributed by atoms with Crippen molar-refractivity contribution in [2.75, 3.05) is 0 Å². The molecule has 3 nitrogen and oxygen atoms in total. The summed E-state index contributed by atoms with van der Waals surface area (Å²) in [6.07, 6.45) is 3.48. The average molecular weight is 220 g/mol. The number of hydrogen-bond acceptors (Lipinski definition) is 3. The molecule has 0 fully saturated rings. The third-order valence-corrected chi connectivity index (χ3v) is 2.97. The van der Waals surface area contributed by atoms with Gasteiger partial charge in [-0.3, -0.25) is 4.98 Å². The van der Waals surface area contributed by atoms with Crippen molar-refractivity contribution in [2.45, 2.75) is 0 Å². The SMILES string of the molecule is c1ccc2c3cc4ccncc4oc-3nc2c1. The third kappa shape index (κ3) is 1.16. The molecule has 2 aliphatic heterocycles. The minimum atomic E-state index is 0.673. The molecule has 1 aromatic carbocycles. The van der Waals surface area contributed by atoms with E-state index in [2.05, 4.69) is 22.1 Å². The molecule has 1 aromatic heterocycles. The van der Waals surface area contributed by atoms with Gasteiger partial charge in [0.25, 0.3) is 0 Å². The van der Waals surface area contributed by atoms with Crippen LogP contribution in [-0.2, 0) is 0 Å². The molecular formula is C14H8N2O. The van der Waals surface area contributed by atoms with E-state index in [0.29, 0.717) is 5.89 Å². The Hall–Kier alpha value is -2.42. The lowest BCUT2D eigenvalue weighted by Crippen LogP contribution is -1.80. The van der Waals surface area contributed by atoms with Gasteiger partial charge >= 0.3 is 0 Å². The first kappa shape index (κ1) is 8.70. The first-order valence-electron chi connectivity index (χ1n) is 5.44. The summed E-state index contributed by atoms with van der Waals surface area (Å²) in [7, 11) is 0. The second-order valence-electron chi connectivity index (χ2n) is 4.01. The van der Waals surface area contributed by atoms with Crippen LogP contribution in [0, 0.1) is 0 Å². The smallest absolute Gasteiger partial charge is 0.227 e. The van der Waals surface area contributed by atoms with Crippen LogP contribution in [0.1, 0.15) is 0 Å². The molecule has 0 saturated heterocycles. The molecule has 3 heterocycles. The predicted molar refractivity (Wildman–Crippen MR) is 65.9 cm³/mol. The zero-order valence-corrected chi connectivity index (χ0v) is 8.92. The van der Waals surface area contributed by atoms with Crippen LogP contribution in [0.4, 0.5) is 0 Å². The molecule has 0 saturated carbocycles. The minimum absolute atomic E-state index is 0.673. The highest BCUT2D eigenvalue weighted by atomic mass is 16.3. The van der Waals surface area contributed by atoms with Crippen molar-refractivity contribution in [2.24, 2.45) is 0 Å². The van der Waals surface area contributed by atoms with Crippen LogP contribution in [0.25, 0.3) is 33.3 Å². The zero-order chi connectivity index (χ0) is 11.2. The Morgan fingerprint density at radius 2 is 2.00 bits per heavy atom. The molecule has 0 N–H and O–H groups in total. The molecule has 0 atom stereocenters. The molecule has 17 heavy (non-hydrogen) atoms. The molecule has 0 aliphatic carbocycles. The van der Waals surface area contributed by atoms with Gasteiger partial charge in [-0.1, -0.05) is 18.2 Å². The Labute approximate surface area is 97.1 Å². The molecule has 2 aliphatic rings. The van der Waals surface area contributed by atoms with Crippen molar-refractivity contribution < 1.29 is 4.42 Å². The third-order valence-electron chi connectivity index (χ3n) is 2.97. The average Bonchev–Trinajstić information content (AvgIpc) is 2.73. The Balaban J connectivity index is 2.25. The summed E-state index contributed by atoms with van der Waals surface area (Å²) in [5, 5.41) is 2.18. The molecule has 0 amide bonds. The lowest BCUT2D eigenvalue weighted by molar-refractivity contribution is 0.603. The summed E-state index contributed by atoms with van der Waals surface area (Å²) >= 11 is 0. The molecule has 2 aromatic rings. The van der Waals surface area contributed by atoms with Crippen LogP contribution in [0.5, 0.6) is 0 Å². The maximum atomic E-state index is 5.76. The highest BCUT2D eigenvalue weighted by Gasteiger charge is 2.14. The van der Waals surface area contributed by atoms with Gasteiger partial charge in [0, 0.05) is 22.5 Å². The molecule has 80 valence electrons. The summed E-state index contributed by atoms with van der Waals surface area (Å²) in [6, 6.07) is 12.1. The summed E-state index contributed by atoms with van der Waals surface area (Å²) in [6.45, 7) is 0. The molecule has 4 rings (SSSR count). The van der Waals surface area contributed by atoms with Crippen molar-refractivity contribution in [1.82, 2.24) is 9.97 Å². The standard InChI is InChI=1S/C14H8N2O/c1-2-4-12-10(3-1)11-7-9-5-6-15-8-13(9)17-14(11)16-12/h1-8H. The topological polar surface area (TPSA) is 38.9 Å². The van der Waals surface area contributed by atoms with Gasteiger partial charge in [0.05, 0.1) is 11.7 Å². The maximum Gasteiger partial charge on any atom is 0.227 e. The van der Waals surface area contributed by atoms with E-state index in [9.17, 15) is 0 Å². The van der Waals surface area contributed by atoms with Gasteiger partial charge in [-0.25, -0.2) is 4.98 Å². The number of nitrogens with zero attached hydrogens (tertiary/aromatic N) is 2. The lowest BCUT2D eigenvalue weighted by Gasteiger charge is -2.00. The number of rotatable bonds is 0. The van der Waals surface area contributed by atoms with E-state index >= 15 is 0 Å². The van der Waals surface area contributed by atoms with Gasteiger partial charge in [-0.05, 0) is 18.2 Å². The maximum absolute atomic E-state index is 5.76. The number of para-hydroxylation sites is 1. The lowest BCUT2D eigenvalue weighted by atomic mass is 10.1. The van der Waals surface area contributed by atoms with Gasteiger partial charge in [-0.2, -0.15) is 0 Å². The molecule has 0 bridgehead atoms. The number of benzene rings is 1. The largest absolute Gasteiger partial charge is 0.436 e. The van der Waals surface area contributed by atoms with Crippen LogP contribution in [0.3, 0.4) is 0 Å². The molecule has 0 radical (unpaired) electrons. The second kappa shape index (κ2) is 3.04. The fourth-order valence-electron chi connectivity index (χ4n) is 2.16. The number of aromatic nitrogens is 2. The van der Waals surface area contributed by atoms with Gasteiger partial charge in [0.1, 0.15) is 0 Å². The van der Waals surface area contributed by atoms with Crippen molar-refractivity contribution in [3.63, 3.8) is 0 Å². The molecular weight excluding hydrogens is 212 g/mol. The Morgan fingerprint density at radius 3 is 3.00 bits per heavy atom. The van der Waals surface area contributed by atoms with Crippen molar-refractivity contribution >= 4 is 21.9 Å². The van der Waals surface area contributed by atoms with Crippen LogP contribution >= 0.6 is 0 Å². The Kier molecular flexibility index (Phi) is 1.56. The molecule has 3 heteroatoms. The van der Waals surface area contributed by atoms with Gasteiger partial charge < -0.3 is 4.42 Å². The van der Waals surface area contributed by atoms with Crippen molar-refractivity contribution in [3.8, 4) is 11.5 Å².